The van der Waals surface area contributed by atoms with Crippen molar-refractivity contribution in [2.75, 3.05) is 28.6 Å². The summed E-state index contributed by atoms with van der Waals surface area (Å²) < 4.78 is 0. The third-order valence-corrected chi connectivity index (χ3v) is 5.53. The topological polar surface area (TPSA) is 44.4 Å². The highest BCUT2D eigenvalue weighted by Gasteiger charge is 2.21. The van der Waals surface area contributed by atoms with Crippen LogP contribution in [0.4, 0.5) is 17.1 Å². The molecule has 1 unspecified atom stereocenters. The van der Waals surface area contributed by atoms with Crippen molar-refractivity contribution in [3.8, 4) is 0 Å². The van der Waals surface area contributed by atoms with E-state index in [9.17, 15) is 4.79 Å². The first kappa shape index (κ1) is 20.0. The molecule has 3 aromatic rings. The quantitative estimate of drug-likeness (QED) is 0.559. The molecule has 30 heavy (non-hydrogen) atoms. The number of carbonyl (C=O) groups is 1. The van der Waals surface area contributed by atoms with Gasteiger partial charge < -0.3 is 15.5 Å². The van der Waals surface area contributed by atoms with Crippen LogP contribution in [0.5, 0.6) is 0 Å². The Balaban J connectivity index is 1.54. The lowest BCUT2D eigenvalue weighted by Gasteiger charge is -2.22. The van der Waals surface area contributed by atoms with Crippen LogP contribution in [0.25, 0.3) is 0 Å². The second-order valence-corrected chi connectivity index (χ2v) is 8.09. The van der Waals surface area contributed by atoms with Crippen molar-refractivity contribution < 1.29 is 4.79 Å². The maximum atomic E-state index is 13.2. The van der Waals surface area contributed by atoms with Crippen molar-refractivity contribution in [3.63, 3.8) is 0 Å². The molecular formula is C26H29N3O. The molecule has 1 saturated heterocycles. The molecule has 4 heteroatoms. The molecule has 1 aliphatic rings. The average Bonchev–Trinajstić information content (AvgIpc) is 3.27. The summed E-state index contributed by atoms with van der Waals surface area (Å²) in [6.45, 7) is 6.32. The van der Waals surface area contributed by atoms with Crippen LogP contribution in [0, 0.1) is 13.8 Å². The van der Waals surface area contributed by atoms with Gasteiger partial charge >= 0.3 is 0 Å². The Morgan fingerprint density at radius 1 is 0.833 bits per heavy atom. The number of amides is 1. The predicted molar refractivity (Wildman–Crippen MR) is 125 cm³/mol. The molecule has 2 N–H and O–H groups in total. The maximum absolute atomic E-state index is 13.2. The van der Waals surface area contributed by atoms with E-state index in [2.05, 4.69) is 45.9 Å². The van der Waals surface area contributed by atoms with Gasteiger partial charge in [-0.3, -0.25) is 4.79 Å². The highest BCUT2D eigenvalue weighted by molar-refractivity contribution is 5.97. The Morgan fingerprint density at radius 2 is 1.47 bits per heavy atom. The van der Waals surface area contributed by atoms with Gasteiger partial charge in [0.25, 0.3) is 5.91 Å². The second-order valence-electron chi connectivity index (χ2n) is 8.09. The zero-order valence-corrected chi connectivity index (χ0v) is 17.7. The smallest absolute Gasteiger partial charge is 0.251 e. The summed E-state index contributed by atoms with van der Waals surface area (Å²) in [4.78, 5) is 15.6. The largest absolute Gasteiger partial charge is 0.372 e. The summed E-state index contributed by atoms with van der Waals surface area (Å²) in [5.41, 5.74) is 6.20. The van der Waals surface area contributed by atoms with E-state index < -0.39 is 6.04 Å². The van der Waals surface area contributed by atoms with Gasteiger partial charge in [0.2, 0.25) is 0 Å². The molecule has 154 valence electrons. The van der Waals surface area contributed by atoms with E-state index in [-0.39, 0.29) is 5.91 Å². The highest BCUT2D eigenvalue weighted by Crippen LogP contribution is 2.26. The Labute approximate surface area is 178 Å². The molecule has 0 radical (unpaired) electrons. The summed E-state index contributed by atoms with van der Waals surface area (Å²) in [5, 5.41) is 6.52. The van der Waals surface area contributed by atoms with Crippen LogP contribution in [0.3, 0.4) is 0 Å². The van der Waals surface area contributed by atoms with E-state index in [0.29, 0.717) is 0 Å². The molecule has 0 bridgehead atoms. The number of hydrogen-bond donors (Lipinski definition) is 2. The zero-order chi connectivity index (χ0) is 20.9. The van der Waals surface area contributed by atoms with Crippen LogP contribution >= 0.6 is 0 Å². The fourth-order valence-electron chi connectivity index (χ4n) is 4.12. The van der Waals surface area contributed by atoms with E-state index in [1.807, 2.05) is 56.3 Å². The molecule has 1 aliphatic heterocycles. The van der Waals surface area contributed by atoms with Crippen LogP contribution in [0.2, 0.25) is 0 Å². The van der Waals surface area contributed by atoms with Gasteiger partial charge in [0.15, 0.2) is 0 Å². The van der Waals surface area contributed by atoms with Gasteiger partial charge in [-0.1, -0.05) is 36.4 Å². The van der Waals surface area contributed by atoms with E-state index in [0.717, 1.165) is 41.2 Å². The van der Waals surface area contributed by atoms with Crippen LogP contribution in [-0.2, 0) is 4.79 Å². The third-order valence-electron chi connectivity index (χ3n) is 5.53. The molecule has 3 aromatic carbocycles. The molecular weight excluding hydrogens is 370 g/mol. The minimum Gasteiger partial charge on any atom is -0.372 e. The van der Waals surface area contributed by atoms with Gasteiger partial charge in [-0.15, -0.1) is 0 Å². The van der Waals surface area contributed by atoms with Crippen molar-refractivity contribution in [2.24, 2.45) is 0 Å². The molecule has 4 nitrogen and oxygen atoms in total. The first-order chi connectivity index (χ1) is 14.6. The lowest BCUT2D eigenvalue weighted by atomic mass is 10.0. The normalized spacial score (nSPS) is 14.4. The number of rotatable bonds is 6. The summed E-state index contributed by atoms with van der Waals surface area (Å²) >= 11 is 0. The number of carbonyl (C=O) groups excluding carboxylic acids is 1. The van der Waals surface area contributed by atoms with Gasteiger partial charge in [0.1, 0.15) is 6.04 Å². The first-order valence-electron chi connectivity index (χ1n) is 10.6. The minimum absolute atomic E-state index is 0.0742. The molecule has 1 heterocycles. The summed E-state index contributed by atoms with van der Waals surface area (Å²) in [6.07, 6.45) is 2.52. The zero-order valence-electron chi connectivity index (χ0n) is 17.7. The molecule has 1 fully saturated rings. The summed E-state index contributed by atoms with van der Waals surface area (Å²) in [5.74, 6) is -0.0742. The number of nitrogens with one attached hydrogen (secondary N) is 2. The molecule has 0 spiro atoms. The van der Waals surface area contributed by atoms with Crippen molar-refractivity contribution >= 4 is 23.0 Å². The van der Waals surface area contributed by atoms with Crippen molar-refractivity contribution in [2.45, 2.75) is 32.7 Å². The third kappa shape index (κ3) is 4.82. The van der Waals surface area contributed by atoms with Gasteiger partial charge in [-0.2, -0.15) is 0 Å². The number of nitrogens with zero attached hydrogens (tertiary/aromatic N) is 1. The Hall–Kier alpha value is -3.27. The van der Waals surface area contributed by atoms with Gasteiger partial charge in [-0.25, -0.2) is 0 Å². The molecule has 1 atom stereocenters. The predicted octanol–water partition coefficient (Wildman–Crippen LogP) is 5.70. The van der Waals surface area contributed by atoms with Crippen LogP contribution in [0.1, 0.15) is 35.6 Å². The molecule has 0 aromatic heterocycles. The number of anilines is 3. The standard InChI is InChI=1S/C26H29N3O/c1-19-16-20(2)18-23(17-19)28-26(30)25(21-8-4-3-5-9-21)27-22-10-12-24(13-11-22)29-14-6-7-15-29/h3-5,8-13,16-18,25,27H,6-7,14-15H2,1-2H3,(H,28,30). The van der Waals surface area contributed by atoms with Crippen LogP contribution < -0.4 is 15.5 Å². The summed E-state index contributed by atoms with van der Waals surface area (Å²) in [7, 11) is 0. The van der Waals surface area contributed by atoms with Crippen molar-refractivity contribution in [3.05, 3.63) is 89.5 Å². The molecule has 0 saturated carbocycles. The number of hydrogen-bond acceptors (Lipinski definition) is 3. The molecule has 4 rings (SSSR count). The minimum atomic E-state index is -0.482. The Morgan fingerprint density at radius 3 is 2.10 bits per heavy atom. The Bertz CT molecular complexity index is 972. The Kier molecular flexibility index (Phi) is 6.03. The molecule has 0 aliphatic carbocycles. The monoisotopic (exact) mass is 399 g/mol. The fraction of sp³-hybridized carbons (Fsp3) is 0.269. The van der Waals surface area contributed by atoms with Gasteiger partial charge in [0, 0.05) is 30.2 Å². The maximum Gasteiger partial charge on any atom is 0.251 e. The van der Waals surface area contributed by atoms with Gasteiger partial charge in [0.05, 0.1) is 0 Å². The molecule has 1 amide bonds. The lowest BCUT2D eigenvalue weighted by molar-refractivity contribution is -0.117. The number of benzene rings is 3. The van der Waals surface area contributed by atoms with Gasteiger partial charge in [-0.05, 0) is 79.8 Å². The average molecular weight is 400 g/mol. The van der Waals surface area contributed by atoms with Crippen molar-refractivity contribution in [1.82, 2.24) is 0 Å². The van der Waals surface area contributed by atoms with Crippen molar-refractivity contribution in [1.29, 1.82) is 0 Å². The van der Waals surface area contributed by atoms with Crippen LogP contribution in [0.15, 0.2) is 72.8 Å². The fourth-order valence-corrected chi connectivity index (χ4v) is 4.12. The van der Waals surface area contributed by atoms with E-state index >= 15 is 0 Å². The van der Waals surface area contributed by atoms with E-state index in [1.165, 1.54) is 18.5 Å². The van der Waals surface area contributed by atoms with Crippen LogP contribution in [-0.4, -0.2) is 19.0 Å². The summed E-state index contributed by atoms with van der Waals surface area (Å²) in [6, 6.07) is 23.9. The first-order valence-corrected chi connectivity index (χ1v) is 10.6. The van der Waals surface area contributed by atoms with E-state index in [1.54, 1.807) is 0 Å². The number of aryl methyl sites for hydroxylation is 2. The van der Waals surface area contributed by atoms with E-state index in [4.69, 9.17) is 0 Å². The second kappa shape index (κ2) is 9.04. The SMILES string of the molecule is Cc1cc(C)cc(NC(=O)C(Nc2ccc(N3CCCC3)cc2)c2ccccc2)c1. The highest BCUT2D eigenvalue weighted by atomic mass is 16.2. The lowest BCUT2D eigenvalue weighted by Crippen LogP contribution is -2.27.